The Morgan fingerprint density at radius 3 is 3.05 bits per heavy atom. The SMILES string of the molecule is CCCCSc1nnc(NC(=O)c2cncc(Br)c2)s1. The largest absolute Gasteiger partial charge is 0.296 e. The monoisotopic (exact) mass is 372 g/mol. The molecule has 0 atom stereocenters. The highest BCUT2D eigenvalue weighted by Crippen LogP contribution is 2.26. The second-order valence-corrected chi connectivity index (χ2v) is 7.16. The molecule has 0 saturated carbocycles. The minimum atomic E-state index is -0.236. The number of thioether (sulfide) groups is 1. The highest BCUT2D eigenvalue weighted by atomic mass is 79.9. The lowest BCUT2D eigenvalue weighted by atomic mass is 10.3. The zero-order valence-electron chi connectivity index (χ0n) is 10.8. The van der Waals surface area contributed by atoms with Crippen LogP contribution in [0.2, 0.25) is 0 Å². The van der Waals surface area contributed by atoms with Crippen LogP contribution in [0.5, 0.6) is 0 Å². The van der Waals surface area contributed by atoms with Gasteiger partial charge in [0.25, 0.3) is 5.91 Å². The summed E-state index contributed by atoms with van der Waals surface area (Å²) in [5, 5.41) is 11.2. The van der Waals surface area contributed by atoms with Gasteiger partial charge in [-0.05, 0) is 28.4 Å². The number of nitrogens with zero attached hydrogens (tertiary/aromatic N) is 3. The lowest BCUT2D eigenvalue weighted by Gasteiger charge is -2.00. The van der Waals surface area contributed by atoms with Crippen LogP contribution in [-0.4, -0.2) is 26.8 Å². The minimum absolute atomic E-state index is 0.236. The van der Waals surface area contributed by atoms with Crippen molar-refractivity contribution in [1.82, 2.24) is 15.2 Å². The van der Waals surface area contributed by atoms with Crippen LogP contribution in [0.4, 0.5) is 5.13 Å². The van der Waals surface area contributed by atoms with Gasteiger partial charge in [-0.15, -0.1) is 10.2 Å². The smallest absolute Gasteiger partial charge is 0.259 e. The van der Waals surface area contributed by atoms with Crippen molar-refractivity contribution in [3.05, 3.63) is 28.5 Å². The normalized spacial score (nSPS) is 10.5. The molecule has 0 aliphatic carbocycles. The first-order chi connectivity index (χ1) is 9.69. The first-order valence-electron chi connectivity index (χ1n) is 6.07. The third-order valence-electron chi connectivity index (χ3n) is 2.32. The van der Waals surface area contributed by atoms with Crippen molar-refractivity contribution < 1.29 is 4.79 Å². The van der Waals surface area contributed by atoms with E-state index < -0.39 is 0 Å². The molecule has 2 heterocycles. The van der Waals surface area contributed by atoms with Crippen molar-refractivity contribution in [2.24, 2.45) is 0 Å². The van der Waals surface area contributed by atoms with E-state index in [-0.39, 0.29) is 5.91 Å². The number of amides is 1. The molecule has 0 bridgehead atoms. The van der Waals surface area contributed by atoms with Gasteiger partial charge >= 0.3 is 0 Å². The number of aromatic nitrogens is 3. The predicted molar refractivity (Wildman–Crippen MR) is 85.4 cm³/mol. The third-order valence-corrected chi connectivity index (χ3v) is 4.81. The van der Waals surface area contributed by atoms with Gasteiger partial charge in [-0.1, -0.05) is 36.4 Å². The Morgan fingerprint density at radius 2 is 2.30 bits per heavy atom. The minimum Gasteiger partial charge on any atom is -0.296 e. The van der Waals surface area contributed by atoms with E-state index in [1.807, 2.05) is 0 Å². The highest BCUT2D eigenvalue weighted by molar-refractivity contribution is 9.10. The van der Waals surface area contributed by atoms with Gasteiger partial charge in [-0.2, -0.15) is 0 Å². The molecule has 0 unspecified atom stereocenters. The molecule has 5 nitrogen and oxygen atoms in total. The van der Waals surface area contributed by atoms with Gasteiger partial charge in [0.05, 0.1) is 5.56 Å². The Morgan fingerprint density at radius 1 is 1.45 bits per heavy atom. The van der Waals surface area contributed by atoms with Crippen LogP contribution in [0.25, 0.3) is 0 Å². The molecular formula is C12H13BrN4OS2. The second kappa shape index (κ2) is 7.70. The van der Waals surface area contributed by atoms with Crippen molar-refractivity contribution in [3.8, 4) is 0 Å². The summed E-state index contributed by atoms with van der Waals surface area (Å²) in [5.74, 6) is 0.786. The van der Waals surface area contributed by atoms with Crippen LogP contribution >= 0.6 is 39.0 Å². The van der Waals surface area contributed by atoms with E-state index in [2.05, 4.69) is 43.4 Å². The predicted octanol–water partition coefficient (Wildman–Crippen LogP) is 3.84. The fourth-order valence-corrected chi connectivity index (χ4v) is 3.59. The summed E-state index contributed by atoms with van der Waals surface area (Å²) >= 11 is 6.34. The van der Waals surface area contributed by atoms with Gasteiger partial charge in [-0.25, -0.2) is 0 Å². The fraction of sp³-hybridized carbons (Fsp3) is 0.333. The molecule has 1 amide bonds. The number of carbonyl (C=O) groups excluding carboxylic acids is 1. The van der Waals surface area contributed by atoms with Crippen LogP contribution < -0.4 is 5.32 Å². The molecule has 2 aromatic heterocycles. The lowest BCUT2D eigenvalue weighted by Crippen LogP contribution is -2.11. The van der Waals surface area contributed by atoms with Crippen LogP contribution in [-0.2, 0) is 0 Å². The summed E-state index contributed by atoms with van der Waals surface area (Å²) in [6.07, 6.45) is 5.45. The summed E-state index contributed by atoms with van der Waals surface area (Å²) in [6.45, 7) is 2.15. The van der Waals surface area contributed by atoms with Crippen LogP contribution in [0.1, 0.15) is 30.1 Å². The fourth-order valence-electron chi connectivity index (χ4n) is 1.33. The van der Waals surface area contributed by atoms with Gasteiger partial charge < -0.3 is 0 Å². The molecule has 1 N–H and O–H groups in total. The maximum atomic E-state index is 12.0. The molecule has 2 rings (SSSR count). The summed E-state index contributed by atoms with van der Waals surface area (Å²) in [7, 11) is 0. The van der Waals surface area contributed by atoms with E-state index in [9.17, 15) is 4.79 Å². The zero-order valence-corrected chi connectivity index (χ0v) is 14.0. The topological polar surface area (TPSA) is 67.8 Å². The second-order valence-electron chi connectivity index (χ2n) is 3.92. The van der Waals surface area contributed by atoms with E-state index in [4.69, 9.17) is 0 Å². The maximum absolute atomic E-state index is 12.0. The third kappa shape index (κ3) is 4.53. The van der Waals surface area contributed by atoms with Crippen molar-refractivity contribution in [1.29, 1.82) is 0 Å². The summed E-state index contributed by atoms with van der Waals surface area (Å²) < 4.78 is 1.64. The zero-order chi connectivity index (χ0) is 14.4. The Balaban J connectivity index is 1.94. The molecule has 0 aromatic carbocycles. The van der Waals surface area contributed by atoms with E-state index in [1.54, 1.807) is 24.0 Å². The van der Waals surface area contributed by atoms with E-state index >= 15 is 0 Å². The summed E-state index contributed by atoms with van der Waals surface area (Å²) in [5.41, 5.74) is 0.481. The molecule has 20 heavy (non-hydrogen) atoms. The molecule has 0 saturated heterocycles. The van der Waals surface area contributed by atoms with E-state index in [0.717, 1.165) is 27.4 Å². The van der Waals surface area contributed by atoms with Gasteiger partial charge in [-0.3, -0.25) is 15.1 Å². The standard InChI is InChI=1S/C12H13BrN4OS2/c1-2-3-4-19-12-17-16-11(20-12)15-10(18)8-5-9(13)7-14-6-8/h5-7H,2-4H2,1H3,(H,15,16,18). The molecule has 0 spiro atoms. The Bertz CT molecular complexity index is 590. The maximum Gasteiger partial charge on any atom is 0.259 e. The molecule has 2 aromatic rings. The molecule has 0 radical (unpaired) electrons. The number of unbranched alkanes of at least 4 members (excludes halogenated alkanes) is 1. The van der Waals surface area contributed by atoms with E-state index in [1.165, 1.54) is 17.5 Å². The first kappa shape index (κ1) is 15.4. The molecule has 0 aliphatic rings. The Kier molecular flexibility index (Phi) is 5.93. The van der Waals surface area contributed by atoms with Gasteiger partial charge in [0.2, 0.25) is 5.13 Å². The van der Waals surface area contributed by atoms with Crippen LogP contribution in [0, 0.1) is 0 Å². The highest BCUT2D eigenvalue weighted by Gasteiger charge is 2.11. The number of nitrogens with one attached hydrogen (secondary N) is 1. The molecule has 106 valence electrons. The number of anilines is 1. The van der Waals surface area contributed by atoms with Crippen molar-refractivity contribution in [2.75, 3.05) is 11.1 Å². The molecule has 0 fully saturated rings. The van der Waals surface area contributed by atoms with Gasteiger partial charge in [0, 0.05) is 22.6 Å². The number of rotatable bonds is 6. The average Bonchev–Trinajstić information content (AvgIpc) is 2.86. The van der Waals surface area contributed by atoms with Gasteiger partial charge in [0.15, 0.2) is 4.34 Å². The van der Waals surface area contributed by atoms with Crippen molar-refractivity contribution in [3.63, 3.8) is 0 Å². The number of pyridine rings is 1. The Labute approximate surface area is 133 Å². The first-order valence-corrected chi connectivity index (χ1v) is 8.66. The van der Waals surface area contributed by atoms with E-state index in [0.29, 0.717) is 10.7 Å². The number of hydrogen-bond donors (Lipinski definition) is 1. The number of carbonyl (C=O) groups is 1. The summed E-state index contributed by atoms with van der Waals surface area (Å²) in [6, 6.07) is 1.71. The van der Waals surface area contributed by atoms with Crippen molar-refractivity contribution >= 4 is 50.1 Å². The van der Waals surface area contributed by atoms with Crippen molar-refractivity contribution in [2.45, 2.75) is 24.1 Å². The molecular weight excluding hydrogens is 360 g/mol. The molecule has 8 heteroatoms. The number of hydrogen-bond acceptors (Lipinski definition) is 6. The quantitative estimate of drug-likeness (QED) is 0.473. The lowest BCUT2D eigenvalue weighted by molar-refractivity contribution is 0.102. The Hall–Kier alpha value is -0.990. The number of halogens is 1. The van der Waals surface area contributed by atoms with Crippen LogP contribution in [0.15, 0.2) is 27.3 Å². The van der Waals surface area contributed by atoms with Crippen LogP contribution in [0.3, 0.4) is 0 Å². The average molecular weight is 373 g/mol. The molecule has 0 aliphatic heterocycles. The van der Waals surface area contributed by atoms with Gasteiger partial charge in [0.1, 0.15) is 0 Å². The summed E-state index contributed by atoms with van der Waals surface area (Å²) in [4.78, 5) is 16.0.